The lowest BCUT2D eigenvalue weighted by atomic mass is 10.1. The topological polar surface area (TPSA) is 46.6 Å². The van der Waals surface area contributed by atoms with E-state index in [2.05, 4.69) is 6.92 Å². The molecule has 24 heavy (non-hydrogen) atoms. The molecule has 0 atom stereocenters. The average Bonchev–Trinajstić information content (AvgIpc) is 2.65. The molecule has 2 aromatic rings. The highest BCUT2D eigenvalue weighted by molar-refractivity contribution is 7.99. The summed E-state index contributed by atoms with van der Waals surface area (Å²) in [6, 6.07) is 15.1. The Hall–Kier alpha value is -2.27. The van der Waals surface area contributed by atoms with E-state index in [1.54, 1.807) is 28.8 Å². The number of benzene rings is 2. The van der Waals surface area contributed by atoms with Crippen LogP contribution in [0.1, 0.15) is 22.8 Å². The van der Waals surface area contributed by atoms with E-state index in [0.29, 0.717) is 12.1 Å². The van der Waals surface area contributed by atoms with Crippen LogP contribution >= 0.6 is 11.8 Å². The SMILES string of the molecule is CCc1ccc(C(=O)OCC(=O)N2CCSc3ccccc32)cc1. The molecular weight excluding hydrogens is 322 g/mol. The highest BCUT2D eigenvalue weighted by Crippen LogP contribution is 2.34. The van der Waals surface area contributed by atoms with E-state index in [9.17, 15) is 9.59 Å². The Balaban J connectivity index is 1.62. The first-order valence-electron chi connectivity index (χ1n) is 7.97. The summed E-state index contributed by atoms with van der Waals surface area (Å²) < 4.78 is 5.19. The van der Waals surface area contributed by atoms with Crippen molar-refractivity contribution < 1.29 is 14.3 Å². The van der Waals surface area contributed by atoms with Gasteiger partial charge in [0, 0.05) is 17.2 Å². The summed E-state index contributed by atoms with van der Waals surface area (Å²) >= 11 is 1.73. The predicted molar refractivity (Wildman–Crippen MR) is 95.6 cm³/mol. The molecule has 0 saturated heterocycles. The number of para-hydroxylation sites is 1. The van der Waals surface area contributed by atoms with Crippen LogP contribution in [0.25, 0.3) is 0 Å². The molecule has 0 aromatic heterocycles. The van der Waals surface area contributed by atoms with Crippen molar-refractivity contribution in [3.8, 4) is 0 Å². The van der Waals surface area contributed by atoms with Gasteiger partial charge in [0.2, 0.25) is 0 Å². The third kappa shape index (κ3) is 3.62. The van der Waals surface area contributed by atoms with Crippen LogP contribution in [0.15, 0.2) is 53.4 Å². The van der Waals surface area contributed by atoms with E-state index in [4.69, 9.17) is 4.74 Å². The maximum absolute atomic E-state index is 12.4. The zero-order valence-electron chi connectivity index (χ0n) is 13.5. The van der Waals surface area contributed by atoms with E-state index >= 15 is 0 Å². The Morgan fingerprint density at radius 2 is 1.88 bits per heavy atom. The molecular formula is C19H19NO3S. The number of fused-ring (bicyclic) bond motifs is 1. The zero-order valence-corrected chi connectivity index (χ0v) is 14.3. The number of rotatable bonds is 4. The van der Waals surface area contributed by atoms with Crippen molar-refractivity contribution in [1.29, 1.82) is 0 Å². The first kappa shape index (κ1) is 16.6. The van der Waals surface area contributed by atoms with Crippen LogP contribution in [0.3, 0.4) is 0 Å². The quantitative estimate of drug-likeness (QED) is 0.798. The fourth-order valence-corrected chi connectivity index (χ4v) is 3.59. The summed E-state index contributed by atoms with van der Waals surface area (Å²) in [6.07, 6.45) is 0.917. The van der Waals surface area contributed by atoms with Gasteiger partial charge in [0.15, 0.2) is 6.61 Å². The van der Waals surface area contributed by atoms with Gasteiger partial charge in [-0.3, -0.25) is 4.79 Å². The number of anilines is 1. The molecule has 5 heteroatoms. The van der Waals surface area contributed by atoms with E-state index in [1.807, 2.05) is 36.4 Å². The lowest BCUT2D eigenvalue weighted by molar-refractivity contribution is -0.121. The van der Waals surface area contributed by atoms with Crippen molar-refractivity contribution in [2.75, 3.05) is 23.8 Å². The normalized spacial score (nSPS) is 13.3. The number of nitrogens with zero attached hydrogens (tertiary/aromatic N) is 1. The van der Waals surface area contributed by atoms with Crippen LogP contribution in [0.4, 0.5) is 5.69 Å². The molecule has 0 radical (unpaired) electrons. The minimum atomic E-state index is -0.467. The molecule has 1 amide bonds. The first-order chi connectivity index (χ1) is 11.7. The third-order valence-corrected chi connectivity index (χ3v) is 5.00. The maximum atomic E-state index is 12.4. The smallest absolute Gasteiger partial charge is 0.338 e. The molecule has 2 aromatic carbocycles. The number of hydrogen-bond donors (Lipinski definition) is 0. The second-order valence-electron chi connectivity index (χ2n) is 5.49. The number of hydrogen-bond acceptors (Lipinski definition) is 4. The van der Waals surface area contributed by atoms with Crippen molar-refractivity contribution in [3.63, 3.8) is 0 Å². The van der Waals surface area contributed by atoms with Crippen LogP contribution < -0.4 is 4.90 Å². The van der Waals surface area contributed by atoms with Crippen LogP contribution in [0, 0.1) is 0 Å². The fourth-order valence-electron chi connectivity index (χ4n) is 2.59. The largest absolute Gasteiger partial charge is 0.452 e. The predicted octanol–water partition coefficient (Wildman–Crippen LogP) is 3.54. The minimum absolute atomic E-state index is 0.193. The Morgan fingerprint density at radius 1 is 1.12 bits per heavy atom. The van der Waals surface area contributed by atoms with Crippen molar-refractivity contribution >= 4 is 29.3 Å². The Bertz CT molecular complexity index is 743. The number of amides is 1. The highest BCUT2D eigenvalue weighted by atomic mass is 32.2. The van der Waals surface area contributed by atoms with E-state index in [1.165, 1.54) is 0 Å². The lowest BCUT2D eigenvalue weighted by Gasteiger charge is -2.28. The van der Waals surface area contributed by atoms with Gasteiger partial charge in [-0.15, -0.1) is 11.8 Å². The third-order valence-electron chi connectivity index (χ3n) is 3.95. The van der Waals surface area contributed by atoms with Gasteiger partial charge in [0.05, 0.1) is 11.3 Å². The number of ether oxygens (including phenoxy) is 1. The van der Waals surface area contributed by atoms with E-state index < -0.39 is 5.97 Å². The lowest BCUT2D eigenvalue weighted by Crippen LogP contribution is -2.38. The van der Waals surface area contributed by atoms with Crippen LogP contribution in [0.5, 0.6) is 0 Å². The fraction of sp³-hybridized carbons (Fsp3) is 0.263. The highest BCUT2D eigenvalue weighted by Gasteiger charge is 2.23. The second kappa shape index (κ2) is 7.53. The molecule has 3 rings (SSSR count). The summed E-state index contributed by atoms with van der Waals surface area (Å²) in [7, 11) is 0. The molecule has 0 saturated carbocycles. The second-order valence-corrected chi connectivity index (χ2v) is 6.62. The standard InChI is InChI=1S/C19H19NO3S/c1-2-14-7-9-15(10-8-14)19(22)23-13-18(21)20-11-12-24-17-6-4-3-5-16(17)20/h3-10H,2,11-13H2,1H3. The Labute approximate surface area is 145 Å². The summed E-state index contributed by atoms with van der Waals surface area (Å²) in [6.45, 7) is 2.44. The van der Waals surface area contributed by atoms with Gasteiger partial charge in [-0.05, 0) is 36.2 Å². The number of carbonyl (C=O) groups is 2. The number of carbonyl (C=O) groups excluding carboxylic acids is 2. The van der Waals surface area contributed by atoms with E-state index in [-0.39, 0.29) is 12.5 Å². The summed E-state index contributed by atoms with van der Waals surface area (Å²) in [4.78, 5) is 27.3. The Kier molecular flexibility index (Phi) is 5.20. The van der Waals surface area contributed by atoms with Gasteiger partial charge >= 0.3 is 5.97 Å². The maximum Gasteiger partial charge on any atom is 0.338 e. The van der Waals surface area contributed by atoms with Crippen LogP contribution in [-0.4, -0.2) is 30.8 Å². The molecule has 1 aliphatic heterocycles. The Morgan fingerprint density at radius 3 is 2.62 bits per heavy atom. The van der Waals surface area contributed by atoms with Crippen molar-refractivity contribution in [2.45, 2.75) is 18.2 Å². The number of aryl methyl sites for hydroxylation is 1. The first-order valence-corrected chi connectivity index (χ1v) is 8.96. The summed E-state index contributed by atoms with van der Waals surface area (Å²) in [5.41, 5.74) is 2.52. The number of thioether (sulfide) groups is 1. The molecule has 4 nitrogen and oxygen atoms in total. The van der Waals surface area contributed by atoms with Gasteiger partial charge in [-0.1, -0.05) is 31.2 Å². The monoisotopic (exact) mass is 341 g/mol. The van der Waals surface area contributed by atoms with Crippen LogP contribution in [-0.2, 0) is 16.0 Å². The summed E-state index contributed by atoms with van der Waals surface area (Å²) in [5.74, 6) is 0.182. The minimum Gasteiger partial charge on any atom is -0.452 e. The molecule has 0 N–H and O–H groups in total. The van der Waals surface area contributed by atoms with Gasteiger partial charge in [0.1, 0.15) is 0 Å². The molecule has 1 heterocycles. The molecule has 0 bridgehead atoms. The van der Waals surface area contributed by atoms with Gasteiger partial charge in [-0.2, -0.15) is 0 Å². The van der Waals surface area contributed by atoms with E-state index in [0.717, 1.165) is 28.3 Å². The molecule has 0 spiro atoms. The molecule has 0 unspecified atom stereocenters. The molecule has 0 fully saturated rings. The molecule has 0 aliphatic carbocycles. The van der Waals surface area contributed by atoms with Crippen molar-refractivity contribution in [1.82, 2.24) is 0 Å². The van der Waals surface area contributed by atoms with Crippen LogP contribution in [0.2, 0.25) is 0 Å². The number of esters is 1. The van der Waals surface area contributed by atoms with Gasteiger partial charge in [0.25, 0.3) is 5.91 Å². The van der Waals surface area contributed by atoms with Gasteiger partial charge in [-0.25, -0.2) is 4.79 Å². The zero-order chi connectivity index (χ0) is 16.9. The average molecular weight is 341 g/mol. The van der Waals surface area contributed by atoms with Crippen molar-refractivity contribution in [3.05, 3.63) is 59.7 Å². The van der Waals surface area contributed by atoms with Gasteiger partial charge < -0.3 is 9.64 Å². The molecule has 124 valence electrons. The molecule has 1 aliphatic rings. The summed E-state index contributed by atoms with van der Waals surface area (Å²) in [5, 5.41) is 0. The van der Waals surface area contributed by atoms with Crippen molar-refractivity contribution in [2.24, 2.45) is 0 Å².